The second kappa shape index (κ2) is 10.4. The Morgan fingerprint density at radius 3 is 2.76 bits per heavy atom. The molecule has 3 atom stereocenters. The molecule has 0 aliphatic carbocycles. The van der Waals surface area contributed by atoms with Gasteiger partial charge in [-0.1, -0.05) is 22.9 Å². The van der Waals surface area contributed by atoms with Crippen LogP contribution in [0.4, 0.5) is 5.82 Å². The summed E-state index contributed by atoms with van der Waals surface area (Å²) in [5, 5.41) is 6.53. The van der Waals surface area contributed by atoms with Crippen molar-refractivity contribution in [2.45, 2.75) is 38.2 Å². The summed E-state index contributed by atoms with van der Waals surface area (Å²) >= 11 is 9.46. The van der Waals surface area contributed by atoms with Crippen molar-refractivity contribution in [3.63, 3.8) is 0 Å². The SMILES string of the molecule is COC1(c2cnc(C3c4c(nc5sc(C)nn45)CCN3C(=O)COc3ccc(N4CCOCC4)nc3Cl)s2)OC1C. The van der Waals surface area contributed by atoms with Gasteiger partial charge in [0.15, 0.2) is 17.5 Å². The predicted molar refractivity (Wildman–Crippen MR) is 152 cm³/mol. The zero-order valence-electron chi connectivity index (χ0n) is 22.7. The van der Waals surface area contributed by atoms with E-state index in [0.29, 0.717) is 31.9 Å². The fourth-order valence-corrected chi connectivity index (χ4v) is 7.67. The van der Waals surface area contributed by atoms with Gasteiger partial charge in [-0.3, -0.25) is 4.79 Å². The number of epoxide rings is 1. The molecule has 7 rings (SSSR count). The number of carbonyl (C=O) groups excluding carboxylic acids is 1. The predicted octanol–water partition coefficient (Wildman–Crippen LogP) is 3.21. The number of halogens is 1. The first-order chi connectivity index (χ1) is 19.9. The van der Waals surface area contributed by atoms with Gasteiger partial charge in [-0.2, -0.15) is 5.10 Å². The molecule has 12 nitrogen and oxygen atoms in total. The Kier molecular flexibility index (Phi) is 6.87. The third-order valence-electron chi connectivity index (χ3n) is 7.62. The van der Waals surface area contributed by atoms with Crippen LogP contribution < -0.4 is 9.64 Å². The van der Waals surface area contributed by atoms with Crippen LogP contribution >= 0.6 is 34.3 Å². The average molecular weight is 618 g/mol. The van der Waals surface area contributed by atoms with Gasteiger partial charge in [0.05, 0.1) is 29.5 Å². The van der Waals surface area contributed by atoms with Gasteiger partial charge in [0.25, 0.3) is 5.91 Å². The first-order valence-electron chi connectivity index (χ1n) is 13.3. The molecule has 15 heteroatoms. The molecule has 3 aliphatic rings. The van der Waals surface area contributed by atoms with Crippen LogP contribution in [0.25, 0.3) is 4.96 Å². The molecule has 0 N–H and O–H groups in total. The van der Waals surface area contributed by atoms with E-state index in [4.69, 9.17) is 45.6 Å². The Morgan fingerprint density at radius 1 is 1.22 bits per heavy atom. The third-order valence-corrected chi connectivity index (χ3v) is 9.86. The standard InChI is InChI=1S/C26H28ClN7O5S2/c1-14-26(36-3,39-14)18-12-28-24(41-18)22-21-16(29-25-34(21)31-15(2)40-25)6-7-33(22)20(35)13-38-17-4-5-19(30-23(17)27)32-8-10-37-11-9-32/h4-5,12,14,22H,6-11,13H2,1-3H3. The van der Waals surface area contributed by atoms with E-state index in [-0.39, 0.29) is 23.8 Å². The number of hydrogen-bond acceptors (Lipinski definition) is 12. The number of ether oxygens (including phenoxy) is 4. The van der Waals surface area contributed by atoms with Gasteiger partial charge in [-0.25, -0.2) is 19.5 Å². The number of fused-ring (bicyclic) bond motifs is 3. The minimum absolute atomic E-state index is 0.0790. The van der Waals surface area contributed by atoms with Crippen LogP contribution in [-0.4, -0.2) is 88.0 Å². The monoisotopic (exact) mass is 617 g/mol. The Morgan fingerprint density at radius 2 is 2.02 bits per heavy atom. The minimum Gasteiger partial charge on any atom is -0.481 e. The summed E-state index contributed by atoms with van der Waals surface area (Å²) < 4.78 is 24.6. The number of hydrogen-bond donors (Lipinski definition) is 0. The lowest BCUT2D eigenvalue weighted by molar-refractivity contribution is -0.135. The number of anilines is 1. The largest absolute Gasteiger partial charge is 0.481 e. The fraction of sp³-hybridized carbons (Fsp3) is 0.500. The number of pyridine rings is 1. The summed E-state index contributed by atoms with van der Waals surface area (Å²) in [6.07, 6.45) is 2.29. The summed E-state index contributed by atoms with van der Waals surface area (Å²) in [5.74, 6) is 0.106. The molecule has 0 aromatic carbocycles. The summed E-state index contributed by atoms with van der Waals surface area (Å²) in [4.78, 5) is 33.4. The number of amides is 1. The summed E-state index contributed by atoms with van der Waals surface area (Å²) in [6.45, 7) is 6.94. The number of methoxy groups -OCH3 is 1. The zero-order valence-corrected chi connectivity index (χ0v) is 25.1. The molecule has 4 aromatic heterocycles. The second-order valence-corrected chi connectivity index (χ2v) is 12.6. The number of aryl methyl sites for hydroxylation is 1. The van der Waals surface area contributed by atoms with E-state index in [1.807, 2.05) is 24.4 Å². The maximum atomic E-state index is 13.8. The smallest absolute Gasteiger partial charge is 0.261 e. The van der Waals surface area contributed by atoms with Gasteiger partial charge in [-0.05, 0) is 26.0 Å². The molecule has 0 radical (unpaired) electrons. The zero-order chi connectivity index (χ0) is 28.3. The molecule has 2 saturated heterocycles. The summed E-state index contributed by atoms with van der Waals surface area (Å²) in [5.41, 5.74) is 1.76. The van der Waals surface area contributed by atoms with Crippen LogP contribution in [0.2, 0.25) is 5.15 Å². The van der Waals surface area contributed by atoms with Crippen LogP contribution in [0.1, 0.15) is 39.2 Å². The van der Waals surface area contributed by atoms with E-state index >= 15 is 0 Å². The van der Waals surface area contributed by atoms with Crippen LogP contribution in [0.3, 0.4) is 0 Å². The van der Waals surface area contributed by atoms with Gasteiger partial charge < -0.3 is 28.7 Å². The van der Waals surface area contributed by atoms with E-state index in [1.54, 1.807) is 24.3 Å². The van der Waals surface area contributed by atoms with Crippen molar-refractivity contribution in [2.24, 2.45) is 0 Å². The van der Waals surface area contributed by atoms with E-state index in [0.717, 1.165) is 50.1 Å². The van der Waals surface area contributed by atoms with Gasteiger partial charge in [0.2, 0.25) is 10.7 Å². The van der Waals surface area contributed by atoms with E-state index in [1.165, 1.54) is 22.7 Å². The summed E-state index contributed by atoms with van der Waals surface area (Å²) in [6, 6.07) is 3.11. The highest BCUT2D eigenvalue weighted by molar-refractivity contribution is 7.16. The Bertz CT molecular complexity index is 1610. The quantitative estimate of drug-likeness (QED) is 0.226. The average Bonchev–Trinajstić information content (AvgIpc) is 3.31. The van der Waals surface area contributed by atoms with Crippen LogP contribution in [0, 0.1) is 6.92 Å². The van der Waals surface area contributed by atoms with Gasteiger partial charge in [0, 0.05) is 39.4 Å². The Balaban J connectivity index is 1.16. The third kappa shape index (κ3) is 4.66. The van der Waals surface area contributed by atoms with Crippen LogP contribution in [0.15, 0.2) is 18.3 Å². The molecule has 0 bridgehead atoms. The number of morpholine rings is 1. The number of carbonyl (C=O) groups is 1. The highest BCUT2D eigenvalue weighted by Gasteiger charge is 2.57. The molecular weight excluding hydrogens is 590 g/mol. The normalized spacial score (nSPS) is 24.1. The van der Waals surface area contributed by atoms with Crippen molar-refractivity contribution in [1.82, 2.24) is 29.5 Å². The highest BCUT2D eigenvalue weighted by atomic mass is 35.5. The van der Waals surface area contributed by atoms with Gasteiger partial charge in [-0.15, -0.1) is 11.3 Å². The molecule has 0 saturated carbocycles. The topological polar surface area (TPSA) is 120 Å². The van der Waals surface area contributed by atoms with Crippen molar-refractivity contribution < 1.29 is 23.7 Å². The van der Waals surface area contributed by atoms with Crippen LogP contribution in [-0.2, 0) is 31.2 Å². The molecule has 41 heavy (non-hydrogen) atoms. The Hall–Kier alpha value is -2.88. The highest BCUT2D eigenvalue weighted by Crippen LogP contribution is 2.50. The first kappa shape index (κ1) is 27.0. The van der Waals surface area contributed by atoms with E-state index < -0.39 is 11.8 Å². The molecule has 4 aromatic rings. The van der Waals surface area contributed by atoms with E-state index in [2.05, 4.69) is 9.88 Å². The van der Waals surface area contributed by atoms with Crippen molar-refractivity contribution in [3.8, 4) is 5.75 Å². The molecular formula is C26H28ClN7O5S2. The second-order valence-electron chi connectivity index (χ2n) is 10.0. The maximum Gasteiger partial charge on any atom is 0.261 e. The first-order valence-corrected chi connectivity index (χ1v) is 15.3. The molecule has 7 heterocycles. The van der Waals surface area contributed by atoms with Gasteiger partial charge in [0.1, 0.15) is 28.0 Å². The molecule has 3 unspecified atom stereocenters. The fourth-order valence-electron chi connectivity index (χ4n) is 5.47. The van der Waals surface area contributed by atoms with E-state index in [9.17, 15) is 4.79 Å². The van der Waals surface area contributed by atoms with Gasteiger partial charge >= 0.3 is 0 Å². The maximum absolute atomic E-state index is 13.8. The molecule has 1 amide bonds. The molecule has 2 fully saturated rings. The number of nitrogens with zero attached hydrogens (tertiary/aromatic N) is 7. The lowest BCUT2D eigenvalue weighted by atomic mass is 10.0. The van der Waals surface area contributed by atoms with Crippen molar-refractivity contribution >= 4 is 51.0 Å². The number of rotatable bonds is 7. The van der Waals surface area contributed by atoms with Crippen LogP contribution in [0.5, 0.6) is 5.75 Å². The summed E-state index contributed by atoms with van der Waals surface area (Å²) in [7, 11) is 1.63. The number of aromatic nitrogens is 5. The molecule has 0 spiro atoms. The minimum atomic E-state index is -0.799. The molecule has 216 valence electrons. The lowest BCUT2D eigenvalue weighted by Crippen LogP contribution is -2.43. The van der Waals surface area contributed by atoms with Crippen molar-refractivity contribution in [1.29, 1.82) is 0 Å². The molecule has 3 aliphatic heterocycles. The van der Waals surface area contributed by atoms with Crippen molar-refractivity contribution in [2.75, 3.05) is 51.5 Å². The number of imidazole rings is 1. The number of thiazole rings is 1. The van der Waals surface area contributed by atoms with Crippen molar-refractivity contribution in [3.05, 3.63) is 49.8 Å². The lowest BCUT2D eigenvalue weighted by Gasteiger charge is -2.34. The Labute approximate surface area is 248 Å².